The molecule has 0 atom stereocenters. The molecule has 6 heteroatoms. The van der Waals surface area contributed by atoms with Crippen LogP contribution < -0.4 is 15.2 Å². The van der Waals surface area contributed by atoms with Gasteiger partial charge in [-0.25, -0.2) is 4.39 Å². The SMILES string of the molecule is COc1ccc(/C(N)=N/O)cc1COc1ccccc1F. The van der Waals surface area contributed by atoms with Crippen LogP contribution in [-0.4, -0.2) is 18.2 Å². The van der Waals surface area contributed by atoms with Crippen LogP contribution in [0.15, 0.2) is 47.6 Å². The molecular formula is C15H15FN2O3. The van der Waals surface area contributed by atoms with Crippen LogP contribution in [0.3, 0.4) is 0 Å². The van der Waals surface area contributed by atoms with Crippen LogP contribution in [0.2, 0.25) is 0 Å². The molecule has 0 saturated carbocycles. The van der Waals surface area contributed by atoms with Crippen molar-refractivity contribution in [3.8, 4) is 11.5 Å². The molecule has 0 spiro atoms. The minimum atomic E-state index is -0.441. The number of para-hydroxylation sites is 1. The molecule has 0 amide bonds. The fourth-order valence-corrected chi connectivity index (χ4v) is 1.83. The molecule has 0 radical (unpaired) electrons. The van der Waals surface area contributed by atoms with Gasteiger partial charge in [0.05, 0.1) is 7.11 Å². The highest BCUT2D eigenvalue weighted by molar-refractivity contribution is 5.97. The zero-order valence-corrected chi connectivity index (χ0v) is 11.4. The van der Waals surface area contributed by atoms with Gasteiger partial charge in [0, 0.05) is 11.1 Å². The van der Waals surface area contributed by atoms with Crippen LogP contribution in [0.1, 0.15) is 11.1 Å². The van der Waals surface area contributed by atoms with Crippen molar-refractivity contribution in [2.75, 3.05) is 7.11 Å². The number of nitrogens with zero attached hydrogens (tertiary/aromatic N) is 1. The maximum absolute atomic E-state index is 13.5. The minimum Gasteiger partial charge on any atom is -0.496 e. The van der Waals surface area contributed by atoms with Gasteiger partial charge in [-0.2, -0.15) is 0 Å². The number of rotatable bonds is 5. The third-order valence-electron chi connectivity index (χ3n) is 2.90. The number of hydrogen-bond donors (Lipinski definition) is 2. The summed E-state index contributed by atoms with van der Waals surface area (Å²) in [5, 5.41) is 11.6. The molecule has 0 unspecified atom stereocenters. The lowest BCUT2D eigenvalue weighted by Gasteiger charge is -2.12. The first-order valence-corrected chi connectivity index (χ1v) is 6.18. The summed E-state index contributed by atoms with van der Waals surface area (Å²) in [6.07, 6.45) is 0. The van der Waals surface area contributed by atoms with Gasteiger partial charge in [0.25, 0.3) is 0 Å². The Kier molecular flexibility index (Phi) is 4.61. The van der Waals surface area contributed by atoms with E-state index in [1.807, 2.05) is 0 Å². The van der Waals surface area contributed by atoms with E-state index in [1.54, 1.807) is 30.3 Å². The van der Waals surface area contributed by atoms with E-state index in [2.05, 4.69) is 5.16 Å². The van der Waals surface area contributed by atoms with Crippen LogP contribution in [0.4, 0.5) is 4.39 Å². The molecule has 5 nitrogen and oxygen atoms in total. The number of nitrogens with two attached hydrogens (primary N) is 1. The lowest BCUT2D eigenvalue weighted by atomic mass is 10.1. The third-order valence-corrected chi connectivity index (χ3v) is 2.90. The van der Waals surface area contributed by atoms with Crippen LogP contribution in [0.25, 0.3) is 0 Å². The van der Waals surface area contributed by atoms with Gasteiger partial charge >= 0.3 is 0 Å². The summed E-state index contributed by atoms with van der Waals surface area (Å²) in [6.45, 7) is 0.0939. The second-order valence-corrected chi connectivity index (χ2v) is 4.23. The molecule has 0 aliphatic rings. The van der Waals surface area contributed by atoms with Crippen LogP contribution in [0, 0.1) is 5.82 Å². The average molecular weight is 290 g/mol. The lowest BCUT2D eigenvalue weighted by molar-refractivity contribution is 0.282. The van der Waals surface area contributed by atoms with E-state index in [9.17, 15) is 4.39 Å². The highest BCUT2D eigenvalue weighted by Crippen LogP contribution is 2.23. The van der Waals surface area contributed by atoms with Crippen molar-refractivity contribution in [3.05, 3.63) is 59.4 Å². The summed E-state index contributed by atoms with van der Waals surface area (Å²) in [5.41, 5.74) is 6.72. The number of benzene rings is 2. The maximum atomic E-state index is 13.5. The zero-order valence-electron chi connectivity index (χ0n) is 11.4. The van der Waals surface area contributed by atoms with Crippen LogP contribution in [0.5, 0.6) is 11.5 Å². The van der Waals surface area contributed by atoms with E-state index >= 15 is 0 Å². The standard InChI is InChI=1S/C15H15FN2O3/c1-20-13-7-6-10(15(17)18-19)8-11(13)9-21-14-5-3-2-4-12(14)16/h2-8,19H,9H2,1H3,(H2,17,18). The summed E-state index contributed by atoms with van der Waals surface area (Å²) in [4.78, 5) is 0. The van der Waals surface area contributed by atoms with Crippen molar-refractivity contribution in [1.82, 2.24) is 0 Å². The van der Waals surface area contributed by atoms with Gasteiger partial charge in [0.2, 0.25) is 0 Å². The van der Waals surface area contributed by atoms with Gasteiger partial charge in [-0.3, -0.25) is 0 Å². The largest absolute Gasteiger partial charge is 0.496 e. The summed E-state index contributed by atoms with van der Waals surface area (Å²) in [5.74, 6) is 0.253. The number of hydrogen-bond acceptors (Lipinski definition) is 4. The fraction of sp³-hybridized carbons (Fsp3) is 0.133. The summed E-state index contributed by atoms with van der Waals surface area (Å²) in [7, 11) is 1.52. The van der Waals surface area contributed by atoms with Crippen molar-refractivity contribution >= 4 is 5.84 Å². The first-order chi connectivity index (χ1) is 10.2. The monoisotopic (exact) mass is 290 g/mol. The molecule has 0 aliphatic heterocycles. The Balaban J connectivity index is 2.24. The summed E-state index contributed by atoms with van der Waals surface area (Å²) in [6, 6.07) is 11.1. The topological polar surface area (TPSA) is 77.1 Å². The maximum Gasteiger partial charge on any atom is 0.170 e. The minimum absolute atomic E-state index is 0.0233. The number of methoxy groups -OCH3 is 1. The quantitative estimate of drug-likeness (QED) is 0.384. The lowest BCUT2D eigenvalue weighted by Crippen LogP contribution is -2.14. The van der Waals surface area contributed by atoms with Gasteiger partial charge < -0.3 is 20.4 Å². The van der Waals surface area contributed by atoms with Crippen molar-refractivity contribution in [2.45, 2.75) is 6.61 Å². The van der Waals surface area contributed by atoms with Gasteiger partial charge in [-0.1, -0.05) is 17.3 Å². The number of halogens is 1. The second kappa shape index (κ2) is 6.60. The second-order valence-electron chi connectivity index (χ2n) is 4.23. The van der Waals surface area contributed by atoms with Crippen LogP contribution in [-0.2, 0) is 6.61 Å². The molecule has 3 N–H and O–H groups in total. The Morgan fingerprint density at radius 2 is 2.00 bits per heavy atom. The highest BCUT2D eigenvalue weighted by atomic mass is 19.1. The predicted octanol–water partition coefficient (Wildman–Crippen LogP) is 2.51. The predicted molar refractivity (Wildman–Crippen MR) is 76.2 cm³/mol. The number of ether oxygens (including phenoxy) is 2. The summed E-state index contributed by atoms with van der Waals surface area (Å²) < 4.78 is 24.2. The summed E-state index contributed by atoms with van der Waals surface area (Å²) >= 11 is 0. The van der Waals surface area contributed by atoms with Crippen molar-refractivity contribution < 1.29 is 19.1 Å². The van der Waals surface area contributed by atoms with Gasteiger partial charge in [0.15, 0.2) is 17.4 Å². The molecule has 0 heterocycles. The first-order valence-electron chi connectivity index (χ1n) is 6.18. The average Bonchev–Trinajstić information content (AvgIpc) is 2.53. The van der Waals surface area contributed by atoms with Gasteiger partial charge in [0.1, 0.15) is 12.4 Å². The molecule has 0 bridgehead atoms. The number of amidine groups is 1. The van der Waals surface area contributed by atoms with Gasteiger partial charge in [-0.15, -0.1) is 0 Å². The Labute approximate surface area is 121 Å². The van der Waals surface area contributed by atoms with E-state index in [-0.39, 0.29) is 18.2 Å². The Morgan fingerprint density at radius 3 is 2.67 bits per heavy atom. The molecule has 0 saturated heterocycles. The number of oxime groups is 1. The molecule has 2 rings (SSSR count). The van der Waals surface area contributed by atoms with E-state index < -0.39 is 5.82 Å². The van der Waals surface area contributed by atoms with Crippen LogP contribution >= 0.6 is 0 Å². The Bertz CT molecular complexity index is 659. The van der Waals surface area contributed by atoms with E-state index in [0.29, 0.717) is 16.9 Å². The third kappa shape index (κ3) is 3.42. The van der Waals surface area contributed by atoms with Crippen molar-refractivity contribution in [3.63, 3.8) is 0 Å². The Hall–Kier alpha value is -2.76. The molecule has 110 valence electrons. The molecule has 2 aromatic rings. The Morgan fingerprint density at radius 1 is 1.24 bits per heavy atom. The zero-order chi connectivity index (χ0) is 15.2. The molecule has 21 heavy (non-hydrogen) atoms. The highest BCUT2D eigenvalue weighted by Gasteiger charge is 2.09. The molecule has 0 aromatic heterocycles. The normalized spacial score (nSPS) is 11.2. The molecule has 2 aromatic carbocycles. The van der Waals surface area contributed by atoms with Crippen molar-refractivity contribution in [1.29, 1.82) is 0 Å². The van der Waals surface area contributed by atoms with E-state index in [4.69, 9.17) is 20.4 Å². The smallest absolute Gasteiger partial charge is 0.170 e. The molecule has 0 fully saturated rings. The molecule has 0 aliphatic carbocycles. The van der Waals surface area contributed by atoms with Crippen molar-refractivity contribution in [2.24, 2.45) is 10.9 Å². The van der Waals surface area contributed by atoms with Gasteiger partial charge in [-0.05, 0) is 30.3 Å². The van der Waals surface area contributed by atoms with E-state index in [0.717, 1.165) is 0 Å². The van der Waals surface area contributed by atoms with E-state index in [1.165, 1.54) is 19.2 Å². The fourth-order valence-electron chi connectivity index (χ4n) is 1.83. The molecular weight excluding hydrogens is 275 g/mol. The first kappa shape index (κ1) is 14.6.